The lowest BCUT2D eigenvalue weighted by Crippen LogP contribution is -1.90. The molecule has 96 valence electrons. The van der Waals surface area contributed by atoms with E-state index in [0.717, 1.165) is 16.3 Å². The van der Waals surface area contributed by atoms with E-state index in [0.29, 0.717) is 5.92 Å². The highest BCUT2D eigenvalue weighted by molar-refractivity contribution is 7.22. The minimum atomic E-state index is 0.496. The summed E-state index contributed by atoms with van der Waals surface area (Å²) in [6, 6.07) is 16.6. The fraction of sp³-hybridized carbons (Fsp3) is 0.188. The van der Waals surface area contributed by atoms with Gasteiger partial charge in [0.2, 0.25) is 0 Å². The normalized spacial score (nSPS) is 11.1. The highest BCUT2D eigenvalue weighted by Gasteiger charge is 2.10. The third-order valence-electron chi connectivity index (χ3n) is 3.10. The van der Waals surface area contributed by atoms with Crippen LogP contribution in [-0.4, -0.2) is 4.98 Å². The molecule has 0 radical (unpaired) electrons. The molecule has 1 N–H and O–H groups in total. The molecule has 19 heavy (non-hydrogen) atoms. The fourth-order valence-electron chi connectivity index (χ4n) is 2.13. The molecule has 0 aliphatic heterocycles. The Morgan fingerprint density at radius 3 is 2.53 bits per heavy atom. The van der Waals surface area contributed by atoms with Gasteiger partial charge in [0.1, 0.15) is 0 Å². The second kappa shape index (κ2) is 5.02. The highest BCUT2D eigenvalue weighted by Crippen LogP contribution is 2.32. The third kappa shape index (κ3) is 2.47. The van der Waals surface area contributed by atoms with Crippen molar-refractivity contribution in [2.24, 2.45) is 0 Å². The largest absolute Gasteiger partial charge is 0.332 e. The van der Waals surface area contributed by atoms with Gasteiger partial charge in [-0.25, -0.2) is 4.98 Å². The smallest absolute Gasteiger partial charge is 0.188 e. The molecule has 0 aliphatic rings. The first-order valence-corrected chi connectivity index (χ1v) is 7.27. The molecule has 3 rings (SSSR count). The number of nitrogens with one attached hydrogen (secondary N) is 1. The summed E-state index contributed by atoms with van der Waals surface area (Å²) in [7, 11) is 0. The molecular formula is C16H16N2S. The summed E-state index contributed by atoms with van der Waals surface area (Å²) >= 11 is 1.70. The van der Waals surface area contributed by atoms with Gasteiger partial charge in [0.05, 0.1) is 10.2 Å². The molecule has 0 saturated carbocycles. The van der Waals surface area contributed by atoms with Gasteiger partial charge in [-0.05, 0) is 29.7 Å². The zero-order valence-electron chi connectivity index (χ0n) is 11.1. The van der Waals surface area contributed by atoms with Gasteiger partial charge in [0, 0.05) is 5.69 Å². The van der Waals surface area contributed by atoms with Gasteiger partial charge in [0.25, 0.3) is 0 Å². The van der Waals surface area contributed by atoms with Crippen LogP contribution in [0.25, 0.3) is 10.2 Å². The molecule has 1 heterocycles. The SMILES string of the molecule is CC(C)c1cccc2sc(Nc3ccccc3)nc12. The van der Waals surface area contributed by atoms with E-state index in [4.69, 9.17) is 4.98 Å². The first-order chi connectivity index (χ1) is 9.24. The predicted molar refractivity (Wildman–Crippen MR) is 83.4 cm³/mol. The molecule has 0 spiro atoms. The Bertz CT molecular complexity index is 686. The molecule has 0 amide bonds. The van der Waals surface area contributed by atoms with E-state index in [1.54, 1.807) is 11.3 Å². The minimum Gasteiger partial charge on any atom is -0.332 e. The van der Waals surface area contributed by atoms with E-state index in [2.05, 4.69) is 49.5 Å². The molecule has 2 aromatic carbocycles. The molecule has 0 atom stereocenters. The molecule has 3 aromatic rings. The van der Waals surface area contributed by atoms with Crippen molar-refractivity contribution in [2.45, 2.75) is 19.8 Å². The first-order valence-electron chi connectivity index (χ1n) is 6.45. The summed E-state index contributed by atoms with van der Waals surface area (Å²) in [5.41, 5.74) is 3.52. The van der Waals surface area contributed by atoms with Crippen LogP contribution in [0.5, 0.6) is 0 Å². The standard InChI is InChI=1S/C16H16N2S/c1-11(2)13-9-6-10-14-15(13)18-16(19-14)17-12-7-4-3-5-8-12/h3-11H,1-2H3,(H,17,18). The van der Waals surface area contributed by atoms with Crippen LogP contribution in [0, 0.1) is 0 Å². The van der Waals surface area contributed by atoms with E-state index >= 15 is 0 Å². The van der Waals surface area contributed by atoms with Crippen molar-refractivity contribution in [3.8, 4) is 0 Å². The Labute approximate surface area is 117 Å². The maximum Gasteiger partial charge on any atom is 0.188 e. The zero-order valence-corrected chi connectivity index (χ0v) is 11.9. The Balaban J connectivity index is 2.00. The predicted octanol–water partition coefficient (Wildman–Crippen LogP) is 5.16. The van der Waals surface area contributed by atoms with Crippen molar-refractivity contribution < 1.29 is 0 Å². The summed E-state index contributed by atoms with van der Waals surface area (Å²) in [4.78, 5) is 4.74. The number of thiazole rings is 1. The fourth-order valence-corrected chi connectivity index (χ4v) is 3.06. The molecule has 2 nitrogen and oxygen atoms in total. The number of aromatic nitrogens is 1. The highest BCUT2D eigenvalue weighted by atomic mass is 32.1. The van der Waals surface area contributed by atoms with Crippen LogP contribution in [0.4, 0.5) is 10.8 Å². The van der Waals surface area contributed by atoms with Crippen molar-refractivity contribution >= 4 is 32.4 Å². The van der Waals surface area contributed by atoms with Gasteiger partial charge < -0.3 is 5.32 Å². The number of para-hydroxylation sites is 2. The summed E-state index contributed by atoms with van der Waals surface area (Å²) in [6.45, 7) is 4.41. The molecule has 0 aliphatic carbocycles. The average molecular weight is 268 g/mol. The Kier molecular flexibility index (Phi) is 3.22. The molecule has 0 saturated heterocycles. The van der Waals surface area contributed by atoms with Crippen LogP contribution in [0.1, 0.15) is 25.3 Å². The number of benzene rings is 2. The Morgan fingerprint density at radius 2 is 1.79 bits per heavy atom. The van der Waals surface area contributed by atoms with Crippen molar-refractivity contribution in [3.63, 3.8) is 0 Å². The van der Waals surface area contributed by atoms with Gasteiger partial charge >= 0.3 is 0 Å². The second-order valence-corrected chi connectivity index (χ2v) is 5.89. The number of rotatable bonds is 3. The van der Waals surface area contributed by atoms with Crippen LogP contribution in [0.2, 0.25) is 0 Å². The van der Waals surface area contributed by atoms with Crippen LogP contribution in [0.3, 0.4) is 0 Å². The minimum absolute atomic E-state index is 0.496. The van der Waals surface area contributed by atoms with Crippen LogP contribution in [0.15, 0.2) is 48.5 Å². The first kappa shape index (κ1) is 12.2. The summed E-state index contributed by atoms with van der Waals surface area (Å²) in [5.74, 6) is 0.496. The monoisotopic (exact) mass is 268 g/mol. The van der Waals surface area contributed by atoms with Crippen LogP contribution in [-0.2, 0) is 0 Å². The van der Waals surface area contributed by atoms with E-state index in [1.807, 2.05) is 18.2 Å². The lowest BCUT2D eigenvalue weighted by molar-refractivity contribution is 0.874. The molecule has 0 fully saturated rings. The van der Waals surface area contributed by atoms with Crippen molar-refractivity contribution in [1.29, 1.82) is 0 Å². The lowest BCUT2D eigenvalue weighted by Gasteiger charge is -2.04. The van der Waals surface area contributed by atoms with Crippen molar-refractivity contribution in [2.75, 3.05) is 5.32 Å². The molecule has 0 bridgehead atoms. The van der Waals surface area contributed by atoms with Crippen LogP contribution >= 0.6 is 11.3 Å². The van der Waals surface area contributed by atoms with E-state index < -0.39 is 0 Å². The molecule has 1 aromatic heterocycles. The summed E-state index contributed by atoms with van der Waals surface area (Å²) in [5, 5.41) is 4.32. The topological polar surface area (TPSA) is 24.9 Å². The average Bonchev–Trinajstić information content (AvgIpc) is 2.81. The zero-order chi connectivity index (χ0) is 13.2. The maximum absolute atomic E-state index is 4.74. The molecule has 3 heteroatoms. The van der Waals surface area contributed by atoms with Gasteiger partial charge in [0.15, 0.2) is 5.13 Å². The number of hydrogen-bond donors (Lipinski definition) is 1. The van der Waals surface area contributed by atoms with Gasteiger partial charge in [-0.15, -0.1) is 0 Å². The number of anilines is 2. The number of hydrogen-bond acceptors (Lipinski definition) is 3. The van der Waals surface area contributed by atoms with Gasteiger partial charge in [-0.3, -0.25) is 0 Å². The van der Waals surface area contributed by atoms with Gasteiger partial charge in [-0.1, -0.05) is 55.5 Å². The maximum atomic E-state index is 4.74. The summed E-state index contributed by atoms with van der Waals surface area (Å²) < 4.78 is 1.24. The van der Waals surface area contributed by atoms with E-state index in [-0.39, 0.29) is 0 Å². The Morgan fingerprint density at radius 1 is 1.00 bits per heavy atom. The number of nitrogens with zero attached hydrogens (tertiary/aromatic N) is 1. The van der Waals surface area contributed by atoms with E-state index in [1.165, 1.54) is 10.3 Å². The second-order valence-electron chi connectivity index (χ2n) is 4.86. The lowest BCUT2D eigenvalue weighted by atomic mass is 10.0. The number of fused-ring (bicyclic) bond motifs is 1. The van der Waals surface area contributed by atoms with Crippen molar-refractivity contribution in [1.82, 2.24) is 4.98 Å². The van der Waals surface area contributed by atoms with Crippen molar-refractivity contribution in [3.05, 3.63) is 54.1 Å². The van der Waals surface area contributed by atoms with Gasteiger partial charge in [-0.2, -0.15) is 0 Å². The quantitative estimate of drug-likeness (QED) is 0.709. The van der Waals surface area contributed by atoms with Crippen LogP contribution < -0.4 is 5.32 Å². The van der Waals surface area contributed by atoms with E-state index in [9.17, 15) is 0 Å². The molecule has 0 unspecified atom stereocenters. The molecular weight excluding hydrogens is 252 g/mol. The Hall–Kier alpha value is -1.87. The third-order valence-corrected chi connectivity index (χ3v) is 4.03. The summed E-state index contributed by atoms with van der Waals surface area (Å²) in [6.07, 6.45) is 0.